The minimum Gasteiger partial charge on any atom is -0.356 e. The van der Waals surface area contributed by atoms with E-state index in [9.17, 15) is 0 Å². The molecule has 3 rings (SSSR count). The number of fused-ring (bicyclic) bond motifs is 1. The lowest BCUT2D eigenvalue weighted by Gasteiger charge is -2.22. The Hall–Kier alpha value is -1.81. The summed E-state index contributed by atoms with van der Waals surface area (Å²) in [6.45, 7) is 1.56. The largest absolute Gasteiger partial charge is 0.356 e. The molecule has 0 radical (unpaired) electrons. The summed E-state index contributed by atoms with van der Waals surface area (Å²) in [5.41, 5.74) is 2.13. The highest BCUT2D eigenvalue weighted by molar-refractivity contribution is 14.0. The Bertz CT molecular complexity index is 877. The molecule has 0 saturated carbocycles. The van der Waals surface area contributed by atoms with E-state index in [-0.39, 0.29) is 24.0 Å². The van der Waals surface area contributed by atoms with Gasteiger partial charge in [0.1, 0.15) is 5.82 Å². The Labute approximate surface area is 181 Å². The van der Waals surface area contributed by atoms with Gasteiger partial charge in [-0.1, -0.05) is 18.2 Å². The van der Waals surface area contributed by atoms with Crippen LogP contribution in [0.25, 0.3) is 5.65 Å². The first-order chi connectivity index (χ1) is 12.7. The first-order valence-electron chi connectivity index (χ1n) is 8.54. The second-order valence-corrected chi connectivity index (χ2v) is 6.85. The monoisotopic (exact) mass is 496 g/mol. The van der Waals surface area contributed by atoms with Gasteiger partial charge in [-0.15, -0.1) is 45.9 Å². The zero-order chi connectivity index (χ0) is 18.4. The van der Waals surface area contributed by atoms with Gasteiger partial charge >= 0.3 is 0 Å². The van der Waals surface area contributed by atoms with E-state index in [4.69, 9.17) is 0 Å². The van der Waals surface area contributed by atoms with Crippen LogP contribution < -0.4 is 5.32 Å². The molecule has 3 aromatic rings. The average Bonchev–Trinajstić information content (AvgIpc) is 3.09. The zero-order valence-electron chi connectivity index (χ0n) is 15.8. The molecule has 8 heteroatoms. The first-order valence-corrected chi connectivity index (χ1v) is 9.77. The van der Waals surface area contributed by atoms with Crippen LogP contribution in [-0.4, -0.2) is 52.4 Å². The third kappa shape index (κ3) is 5.58. The van der Waals surface area contributed by atoms with Crippen LogP contribution in [0.3, 0.4) is 0 Å². The van der Waals surface area contributed by atoms with Crippen molar-refractivity contribution in [2.24, 2.45) is 4.99 Å². The SMILES string of the molecule is CN=C(NCCc1nnc2ccccn12)N(C)Cc1ccc(SC)cc1.I. The number of nitrogens with one attached hydrogen (secondary N) is 1. The van der Waals surface area contributed by atoms with E-state index in [0.717, 1.165) is 36.9 Å². The Morgan fingerprint density at radius 3 is 2.67 bits per heavy atom. The summed E-state index contributed by atoms with van der Waals surface area (Å²) in [7, 11) is 3.85. The summed E-state index contributed by atoms with van der Waals surface area (Å²) in [4.78, 5) is 7.78. The number of pyridine rings is 1. The van der Waals surface area contributed by atoms with E-state index in [1.54, 1.807) is 11.8 Å². The smallest absolute Gasteiger partial charge is 0.193 e. The van der Waals surface area contributed by atoms with Crippen molar-refractivity contribution < 1.29 is 0 Å². The molecule has 0 saturated heterocycles. The number of hydrogen-bond donors (Lipinski definition) is 1. The van der Waals surface area contributed by atoms with Gasteiger partial charge in [0.05, 0.1) is 0 Å². The average molecular weight is 496 g/mol. The predicted molar refractivity (Wildman–Crippen MR) is 123 cm³/mol. The fraction of sp³-hybridized carbons (Fsp3) is 0.316. The molecular weight excluding hydrogens is 471 g/mol. The highest BCUT2D eigenvalue weighted by Gasteiger charge is 2.08. The molecule has 0 amide bonds. The first kappa shape index (κ1) is 21.5. The van der Waals surface area contributed by atoms with Gasteiger partial charge in [-0.3, -0.25) is 9.39 Å². The van der Waals surface area contributed by atoms with E-state index in [1.165, 1.54) is 10.5 Å². The molecule has 2 heterocycles. The maximum atomic E-state index is 4.38. The van der Waals surface area contributed by atoms with Gasteiger partial charge < -0.3 is 10.2 Å². The minimum absolute atomic E-state index is 0. The molecule has 0 unspecified atom stereocenters. The number of rotatable bonds is 6. The van der Waals surface area contributed by atoms with Crippen LogP contribution in [0.4, 0.5) is 0 Å². The van der Waals surface area contributed by atoms with Gasteiger partial charge in [0, 0.05) is 44.7 Å². The number of aliphatic imine (C=N–C) groups is 1. The molecule has 2 aromatic heterocycles. The van der Waals surface area contributed by atoms with Gasteiger partial charge in [-0.05, 0) is 36.1 Å². The summed E-state index contributed by atoms with van der Waals surface area (Å²) in [5, 5.41) is 11.9. The van der Waals surface area contributed by atoms with Crippen LogP contribution in [0.15, 0.2) is 58.5 Å². The molecule has 0 aliphatic heterocycles. The Morgan fingerprint density at radius 1 is 1.19 bits per heavy atom. The van der Waals surface area contributed by atoms with Gasteiger partial charge in [-0.2, -0.15) is 0 Å². The Morgan fingerprint density at radius 2 is 1.96 bits per heavy atom. The second-order valence-electron chi connectivity index (χ2n) is 5.97. The van der Waals surface area contributed by atoms with E-state index in [2.05, 4.69) is 55.9 Å². The molecule has 0 aliphatic carbocycles. The third-order valence-electron chi connectivity index (χ3n) is 4.17. The Kier molecular flexibility index (Phi) is 8.36. The standard InChI is InChI=1S/C19H24N6S.HI/c1-20-19(24(2)14-15-7-9-16(26-3)10-8-15)21-12-11-18-23-22-17-6-4-5-13-25(17)18;/h4-10,13H,11-12,14H2,1-3H3,(H,20,21);1H. The highest BCUT2D eigenvalue weighted by atomic mass is 127. The number of benzene rings is 1. The van der Waals surface area contributed by atoms with Crippen molar-refractivity contribution >= 4 is 47.3 Å². The molecule has 0 atom stereocenters. The number of halogens is 1. The molecule has 0 spiro atoms. The van der Waals surface area contributed by atoms with Crippen molar-refractivity contribution in [3.05, 3.63) is 60.0 Å². The quantitative estimate of drug-likeness (QED) is 0.246. The lowest BCUT2D eigenvalue weighted by atomic mass is 10.2. The second kappa shape index (κ2) is 10.5. The summed E-state index contributed by atoms with van der Waals surface area (Å²) >= 11 is 1.75. The van der Waals surface area contributed by atoms with E-state index >= 15 is 0 Å². The van der Waals surface area contributed by atoms with Crippen LogP contribution in [-0.2, 0) is 13.0 Å². The fourth-order valence-electron chi connectivity index (χ4n) is 2.81. The molecule has 1 aromatic carbocycles. The topological polar surface area (TPSA) is 57.8 Å². The van der Waals surface area contributed by atoms with Crippen LogP contribution >= 0.6 is 35.7 Å². The summed E-state index contributed by atoms with van der Waals surface area (Å²) in [6.07, 6.45) is 4.86. The van der Waals surface area contributed by atoms with Crippen molar-refractivity contribution in [2.45, 2.75) is 17.9 Å². The molecule has 144 valence electrons. The maximum absolute atomic E-state index is 4.38. The number of guanidine groups is 1. The van der Waals surface area contributed by atoms with Crippen molar-refractivity contribution in [3.8, 4) is 0 Å². The normalized spacial score (nSPS) is 11.3. The van der Waals surface area contributed by atoms with Crippen LogP contribution in [0.1, 0.15) is 11.4 Å². The lowest BCUT2D eigenvalue weighted by Crippen LogP contribution is -2.39. The summed E-state index contributed by atoms with van der Waals surface area (Å²) in [5.74, 6) is 1.81. The molecule has 0 fully saturated rings. The third-order valence-corrected chi connectivity index (χ3v) is 4.91. The van der Waals surface area contributed by atoms with E-state index < -0.39 is 0 Å². The minimum atomic E-state index is 0. The van der Waals surface area contributed by atoms with Crippen LogP contribution in [0.2, 0.25) is 0 Å². The maximum Gasteiger partial charge on any atom is 0.193 e. The van der Waals surface area contributed by atoms with Crippen molar-refractivity contribution in [3.63, 3.8) is 0 Å². The van der Waals surface area contributed by atoms with E-state index in [1.807, 2.05) is 42.9 Å². The Balaban J connectivity index is 0.00000261. The van der Waals surface area contributed by atoms with Crippen LogP contribution in [0, 0.1) is 0 Å². The molecule has 0 aliphatic rings. The van der Waals surface area contributed by atoms with E-state index in [0.29, 0.717) is 0 Å². The van der Waals surface area contributed by atoms with Gasteiger partial charge in [0.25, 0.3) is 0 Å². The van der Waals surface area contributed by atoms with Crippen molar-refractivity contribution in [1.29, 1.82) is 0 Å². The molecule has 27 heavy (non-hydrogen) atoms. The van der Waals surface area contributed by atoms with Crippen LogP contribution in [0.5, 0.6) is 0 Å². The molecule has 1 N–H and O–H groups in total. The zero-order valence-corrected chi connectivity index (χ0v) is 18.9. The lowest BCUT2D eigenvalue weighted by molar-refractivity contribution is 0.476. The number of aromatic nitrogens is 3. The fourth-order valence-corrected chi connectivity index (χ4v) is 3.22. The predicted octanol–water partition coefficient (Wildman–Crippen LogP) is 3.32. The summed E-state index contributed by atoms with van der Waals surface area (Å²) in [6, 6.07) is 14.5. The summed E-state index contributed by atoms with van der Waals surface area (Å²) < 4.78 is 2.02. The number of thioether (sulfide) groups is 1. The van der Waals surface area contributed by atoms with Crippen molar-refractivity contribution in [2.75, 3.05) is 26.9 Å². The number of hydrogen-bond acceptors (Lipinski definition) is 4. The molecule has 0 bridgehead atoms. The molecule has 6 nitrogen and oxygen atoms in total. The van der Waals surface area contributed by atoms with Crippen molar-refractivity contribution in [1.82, 2.24) is 24.8 Å². The highest BCUT2D eigenvalue weighted by Crippen LogP contribution is 2.15. The van der Waals surface area contributed by atoms with Gasteiger partial charge in [0.2, 0.25) is 0 Å². The van der Waals surface area contributed by atoms with Gasteiger partial charge in [0.15, 0.2) is 11.6 Å². The molecular formula is C19H25IN6S. The number of nitrogens with zero attached hydrogens (tertiary/aromatic N) is 5. The van der Waals surface area contributed by atoms with Gasteiger partial charge in [-0.25, -0.2) is 0 Å².